The molecule has 6 heteroatoms. The molecule has 0 atom stereocenters. The maximum atomic E-state index is 13.8. The molecule has 5 nitrogen and oxygen atoms in total. The monoisotopic (exact) mass is 433 g/mol. The molecule has 0 saturated heterocycles. The summed E-state index contributed by atoms with van der Waals surface area (Å²) in [6.45, 7) is 3.83. The Bertz CT molecular complexity index is 1230. The topological polar surface area (TPSA) is 48.5 Å². The van der Waals surface area contributed by atoms with Crippen molar-refractivity contribution < 1.29 is 9.13 Å². The van der Waals surface area contributed by atoms with Crippen LogP contribution in [0.3, 0.4) is 0 Å². The third-order valence-corrected chi connectivity index (χ3v) is 5.46. The van der Waals surface area contributed by atoms with Crippen LogP contribution in [-0.4, -0.2) is 27.2 Å². The lowest BCUT2D eigenvalue weighted by molar-refractivity contribution is 0.132. The first-order valence-corrected chi connectivity index (χ1v) is 11.1. The van der Waals surface area contributed by atoms with E-state index in [2.05, 4.69) is 11.9 Å². The van der Waals surface area contributed by atoms with E-state index >= 15 is 0 Å². The van der Waals surface area contributed by atoms with Crippen LogP contribution in [0.15, 0.2) is 71.8 Å². The minimum absolute atomic E-state index is 0.122. The molecule has 0 bridgehead atoms. The third kappa shape index (κ3) is 5.14. The number of hydrogen-bond acceptors (Lipinski definition) is 3. The molecule has 166 valence electrons. The molecular formula is C26H28FN3O2. The third-order valence-electron chi connectivity index (χ3n) is 5.46. The van der Waals surface area contributed by atoms with E-state index in [1.807, 2.05) is 47.0 Å². The molecule has 0 spiro atoms. The molecule has 0 N–H and O–H groups in total. The second-order valence-electron chi connectivity index (χ2n) is 7.95. The molecule has 0 amide bonds. The van der Waals surface area contributed by atoms with Gasteiger partial charge in [0.05, 0.1) is 12.7 Å². The summed E-state index contributed by atoms with van der Waals surface area (Å²) in [7, 11) is 0. The van der Waals surface area contributed by atoms with Crippen molar-refractivity contribution in [3.8, 4) is 0 Å². The van der Waals surface area contributed by atoms with Gasteiger partial charge in [0, 0.05) is 37.9 Å². The van der Waals surface area contributed by atoms with Crippen LogP contribution in [0.4, 0.5) is 4.39 Å². The summed E-state index contributed by atoms with van der Waals surface area (Å²) < 4.78 is 23.0. The van der Waals surface area contributed by atoms with Gasteiger partial charge in [-0.05, 0) is 36.1 Å². The summed E-state index contributed by atoms with van der Waals surface area (Å²) in [5.41, 5.74) is 3.12. The highest BCUT2D eigenvalue weighted by Gasteiger charge is 2.14. The van der Waals surface area contributed by atoms with Crippen LogP contribution in [0.2, 0.25) is 0 Å². The number of imidazole rings is 1. The quantitative estimate of drug-likeness (QED) is 0.343. The summed E-state index contributed by atoms with van der Waals surface area (Å²) in [6.07, 6.45) is 6.81. The van der Waals surface area contributed by atoms with Crippen molar-refractivity contribution in [3.63, 3.8) is 0 Å². The molecular weight excluding hydrogens is 405 g/mol. The van der Waals surface area contributed by atoms with Crippen LogP contribution >= 0.6 is 0 Å². The van der Waals surface area contributed by atoms with Gasteiger partial charge in [0.25, 0.3) is 5.56 Å². The molecule has 0 unspecified atom stereocenters. The Morgan fingerprint density at radius 2 is 1.84 bits per heavy atom. The molecule has 32 heavy (non-hydrogen) atoms. The first kappa shape index (κ1) is 22.0. The number of aromatic nitrogens is 3. The Kier molecular flexibility index (Phi) is 7.12. The number of benzene rings is 2. The Balaban J connectivity index is 1.71. The SMILES string of the molecule is CCCOCCCc1ncc2c(=O)n(Cc3cccc(F)c3)c(Cc3ccccc3)cn12. The van der Waals surface area contributed by atoms with Crippen LogP contribution in [0.1, 0.15) is 42.4 Å². The van der Waals surface area contributed by atoms with E-state index in [-0.39, 0.29) is 11.4 Å². The predicted molar refractivity (Wildman–Crippen MR) is 124 cm³/mol. The lowest BCUT2D eigenvalue weighted by Gasteiger charge is -2.15. The highest BCUT2D eigenvalue weighted by Crippen LogP contribution is 2.15. The van der Waals surface area contributed by atoms with Crippen molar-refractivity contribution in [2.24, 2.45) is 0 Å². The summed E-state index contributed by atoms with van der Waals surface area (Å²) >= 11 is 0. The average Bonchev–Trinajstić information content (AvgIpc) is 3.20. The zero-order chi connectivity index (χ0) is 22.3. The molecule has 0 aliphatic rings. The van der Waals surface area contributed by atoms with Gasteiger partial charge in [0.15, 0.2) is 0 Å². The highest BCUT2D eigenvalue weighted by atomic mass is 19.1. The zero-order valence-electron chi connectivity index (χ0n) is 18.3. The van der Waals surface area contributed by atoms with Gasteiger partial charge in [0.1, 0.15) is 17.2 Å². The molecule has 0 aliphatic heterocycles. The van der Waals surface area contributed by atoms with Crippen LogP contribution in [0.25, 0.3) is 5.52 Å². The number of halogens is 1. The maximum absolute atomic E-state index is 13.8. The summed E-state index contributed by atoms with van der Waals surface area (Å²) in [5, 5.41) is 0. The van der Waals surface area contributed by atoms with Gasteiger partial charge in [-0.2, -0.15) is 0 Å². The van der Waals surface area contributed by atoms with Gasteiger partial charge >= 0.3 is 0 Å². The molecule has 4 aromatic rings. The molecule has 2 heterocycles. The van der Waals surface area contributed by atoms with E-state index in [4.69, 9.17) is 4.74 Å². The summed E-state index contributed by atoms with van der Waals surface area (Å²) in [5.74, 6) is 0.544. The minimum Gasteiger partial charge on any atom is -0.381 e. The van der Waals surface area contributed by atoms with Crippen molar-refractivity contribution >= 4 is 5.52 Å². The van der Waals surface area contributed by atoms with Crippen molar-refractivity contribution in [2.75, 3.05) is 13.2 Å². The van der Waals surface area contributed by atoms with E-state index in [1.54, 1.807) is 16.8 Å². The summed E-state index contributed by atoms with van der Waals surface area (Å²) in [4.78, 5) is 18.0. The second-order valence-corrected chi connectivity index (χ2v) is 7.95. The molecule has 0 saturated carbocycles. The lowest BCUT2D eigenvalue weighted by atomic mass is 10.1. The number of hydrogen-bond donors (Lipinski definition) is 0. The molecule has 2 aromatic carbocycles. The molecule has 0 radical (unpaired) electrons. The molecule has 0 aliphatic carbocycles. The Morgan fingerprint density at radius 1 is 1.03 bits per heavy atom. The van der Waals surface area contributed by atoms with Gasteiger partial charge in [-0.3, -0.25) is 9.20 Å². The number of aryl methyl sites for hydroxylation is 1. The maximum Gasteiger partial charge on any atom is 0.277 e. The fraction of sp³-hybridized carbons (Fsp3) is 0.308. The van der Waals surface area contributed by atoms with Crippen LogP contribution in [0, 0.1) is 5.82 Å². The standard InChI is InChI=1S/C26H28FN3O2/c1-2-13-32-14-7-12-25-28-17-24-26(31)29(18-21-10-6-11-22(27)15-21)23(19-30(24)25)16-20-8-4-3-5-9-20/h3-6,8-11,15,17,19H,2,7,12-14,16,18H2,1H3. The number of ether oxygens (including phenoxy) is 1. The van der Waals surface area contributed by atoms with Crippen molar-refractivity contribution in [1.29, 1.82) is 0 Å². The first-order valence-electron chi connectivity index (χ1n) is 11.1. The van der Waals surface area contributed by atoms with Crippen LogP contribution < -0.4 is 5.56 Å². The van der Waals surface area contributed by atoms with E-state index in [0.717, 1.165) is 48.5 Å². The lowest BCUT2D eigenvalue weighted by Crippen LogP contribution is -2.26. The number of nitrogens with zero attached hydrogens (tertiary/aromatic N) is 3. The number of fused-ring (bicyclic) bond motifs is 1. The predicted octanol–water partition coefficient (Wildman–Crippen LogP) is 4.63. The van der Waals surface area contributed by atoms with E-state index in [0.29, 0.717) is 25.1 Å². The molecule has 0 fully saturated rings. The van der Waals surface area contributed by atoms with E-state index < -0.39 is 0 Å². The number of rotatable bonds is 10. The summed E-state index contributed by atoms with van der Waals surface area (Å²) in [6, 6.07) is 16.4. The van der Waals surface area contributed by atoms with E-state index in [1.165, 1.54) is 12.1 Å². The Hall–Kier alpha value is -3.25. The van der Waals surface area contributed by atoms with Gasteiger partial charge in [-0.1, -0.05) is 49.4 Å². The molecule has 4 rings (SSSR count). The fourth-order valence-corrected chi connectivity index (χ4v) is 3.89. The van der Waals surface area contributed by atoms with Crippen molar-refractivity contribution in [3.05, 3.63) is 106 Å². The van der Waals surface area contributed by atoms with Crippen LogP contribution in [-0.2, 0) is 24.1 Å². The minimum atomic E-state index is -0.307. The normalized spacial score (nSPS) is 11.3. The smallest absolute Gasteiger partial charge is 0.277 e. The van der Waals surface area contributed by atoms with Gasteiger partial charge in [-0.15, -0.1) is 0 Å². The average molecular weight is 434 g/mol. The van der Waals surface area contributed by atoms with Gasteiger partial charge in [-0.25, -0.2) is 9.37 Å². The van der Waals surface area contributed by atoms with Gasteiger partial charge in [0.2, 0.25) is 0 Å². The zero-order valence-corrected chi connectivity index (χ0v) is 18.3. The van der Waals surface area contributed by atoms with Gasteiger partial charge < -0.3 is 9.30 Å². The van der Waals surface area contributed by atoms with E-state index in [9.17, 15) is 9.18 Å². The Morgan fingerprint density at radius 3 is 2.62 bits per heavy atom. The Labute approximate surface area is 187 Å². The van der Waals surface area contributed by atoms with Crippen molar-refractivity contribution in [1.82, 2.24) is 14.0 Å². The highest BCUT2D eigenvalue weighted by molar-refractivity contribution is 5.45. The van der Waals surface area contributed by atoms with Crippen LogP contribution in [0.5, 0.6) is 0 Å². The van der Waals surface area contributed by atoms with Crippen molar-refractivity contribution in [2.45, 2.75) is 39.2 Å². The second kappa shape index (κ2) is 10.4. The first-order chi connectivity index (χ1) is 15.7. The fourth-order valence-electron chi connectivity index (χ4n) is 3.89. The largest absolute Gasteiger partial charge is 0.381 e. The molecule has 2 aromatic heterocycles.